The van der Waals surface area contributed by atoms with Gasteiger partial charge in [-0.2, -0.15) is 0 Å². The summed E-state index contributed by atoms with van der Waals surface area (Å²) >= 11 is 0. The number of furan rings is 1. The second kappa shape index (κ2) is 9.57. The lowest BCUT2D eigenvalue weighted by atomic mass is 10.2. The van der Waals surface area contributed by atoms with Crippen LogP contribution in [-0.4, -0.2) is 36.4 Å². The van der Waals surface area contributed by atoms with Crippen LogP contribution in [0.4, 0.5) is 5.69 Å². The Morgan fingerprint density at radius 1 is 0.941 bits per heavy atom. The number of para-hydroxylation sites is 1. The number of hydrogen-bond acceptors (Lipinski definition) is 7. The lowest BCUT2D eigenvalue weighted by molar-refractivity contribution is -0.116. The maximum atomic E-state index is 13.3. The third-order valence-electron chi connectivity index (χ3n) is 5.28. The topological polar surface area (TPSA) is 114 Å². The van der Waals surface area contributed by atoms with Crippen LogP contribution in [0.5, 0.6) is 17.2 Å². The number of rotatable bonds is 8. The molecule has 0 saturated heterocycles. The molecule has 2 aromatic carbocycles. The van der Waals surface area contributed by atoms with Crippen LogP contribution in [0.15, 0.2) is 68.8 Å². The van der Waals surface area contributed by atoms with E-state index in [0.717, 1.165) is 4.57 Å². The van der Waals surface area contributed by atoms with Gasteiger partial charge in [-0.15, -0.1) is 0 Å². The monoisotopic (exact) mass is 465 g/mol. The Balaban J connectivity index is 1.71. The summed E-state index contributed by atoms with van der Waals surface area (Å²) in [6.07, 6.45) is 1.46. The van der Waals surface area contributed by atoms with Gasteiger partial charge in [0.15, 0.2) is 11.5 Å². The van der Waals surface area contributed by atoms with Gasteiger partial charge < -0.3 is 23.9 Å². The van der Waals surface area contributed by atoms with E-state index in [4.69, 9.17) is 18.6 Å². The van der Waals surface area contributed by atoms with E-state index < -0.39 is 17.2 Å². The fourth-order valence-corrected chi connectivity index (χ4v) is 3.72. The van der Waals surface area contributed by atoms with Gasteiger partial charge in [-0.3, -0.25) is 18.7 Å². The van der Waals surface area contributed by atoms with E-state index in [-0.39, 0.29) is 13.1 Å². The van der Waals surface area contributed by atoms with Crippen LogP contribution < -0.4 is 30.8 Å². The van der Waals surface area contributed by atoms with Gasteiger partial charge in [0.2, 0.25) is 11.7 Å². The highest BCUT2D eigenvalue weighted by molar-refractivity contribution is 5.92. The van der Waals surface area contributed by atoms with E-state index in [9.17, 15) is 14.4 Å². The van der Waals surface area contributed by atoms with Crippen molar-refractivity contribution in [2.75, 3.05) is 26.6 Å². The lowest BCUT2D eigenvalue weighted by Crippen LogP contribution is -2.42. The first-order valence-corrected chi connectivity index (χ1v) is 10.3. The van der Waals surface area contributed by atoms with Crippen molar-refractivity contribution < 1.29 is 23.4 Å². The summed E-state index contributed by atoms with van der Waals surface area (Å²) < 4.78 is 23.5. The average Bonchev–Trinajstić information content (AvgIpc) is 3.37. The van der Waals surface area contributed by atoms with Gasteiger partial charge in [0, 0.05) is 17.8 Å². The molecule has 0 spiro atoms. The number of carbonyl (C=O) groups excluding carboxylic acids is 1. The van der Waals surface area contributed by atoms with Crippen molar-refractivity contribution >= 4 is 22.5 Å². The molecule has 10 nitrogen and oxygen atoms in total. The Hall–Kier alpha value is -4.47. The van der Waals surface area contributed by atoms with Crippen molar-refractivity contribution in [3.63, 3.8) is 0 Å². The van der Waals surface area contributed by atoms with E-state index in [1.165, 1.54) is 32.2 Å². The lowest BCUT2D eigenvalue weighted by Gasteiger charge is -2.16. The molecule has 34 heavy (non-hydrogen) atoms. The molecule has 176 valence electrons. The Kier molecular flexibility index (Phi) is 6.39. The summed E-state index contributed by atoms with van der Waals surface area (Å²) in [5.74, 6) is 1.08. The number of carbonyl (C=O) groups is 1. The van der Waals surface area contributed by atoms with Gasteiger partial charge in [0.25, 0.3) is 5.56 Å². The molecule has 2 heterocycles. The smallest absolute Gasteiger partial charge is 0.332 e. The SMILES string of the molecule is COc1cc(NC(=O)Cn2c(=O)n(Cc3ccco3)c(=O)c3ccccc32)cc(OC)c1OC. The van der Waals surface area contributed by atoms with Crippen LogP contribution in [0.25, 0.3) is 10.9 Å². The quantitative estimate of drug-likeness (QED) is 0.425. The predicted octanol–water partition coefficient (Wildman–Crippen LogP) is 2.47. The van der Waals surface area contributed by atoms with Crippen molar-refractivity contribution in [3.8, 4) is 17.2 Å². The molecule has 0 bridgehead atoms. The number of anilines is 1. The van der Waals surface area contributed by atoms with Crippen LogP contribution in [0.2, 0.25) is 0 Å². The first-order valence-electron chi connectivity index (χ1n) is 10.3. The summed E-state index contributed by atoms with van der Waals surface area (Å²) in [6, 6.07) is 13.1. The summed E-state index contributed by atoms with van der Waals surface area (Å²) in [5.41, 5.74) is -0.340. The first kappa shape index (κ1) is 22.7. The standard InChI is InChI=1S/C24H23N3O7/c1-31-19-11-15(12-20(32-2)22(19)33-3)25-21(28)14-26-18-9-5-4-8-17(18)23(29)27(24(26)30)13-16-7-6-10-34-16/h4-12H,13-14H2,1-3H3,(H,25,28). The Morgan fingerprint density at radius 2 is 1.65 bits per heavy atom. The predicted molar refractivity (Wildman–Crippen MR) is 125 cm³/mol. The zero-order valence-corrected chi connectivity index (χ0v) is 18.9. The zero-order valence-electron chi connectivity index (χ0n) is 18.9. The molecule has 0 aliphatic rings. The van der Waals surface area contributed by atoms with Crippen LogP contribution >= 0.6 is 0 Å². The molecule has 1 amide bonds. The van der Waals surface area contributed by atoms with Crippen molar-refractivity contribution in [1.29, 1.82) is 0 Å². The summed E-state index contributed by atoms with van der Waals surface area (Å²) in [5, 5.41) is 3.06. The number of nitrogens with one attached hydrogen (secondary N) is 1. The maximum absolute atomic E-state index is 13.3. The van der Waals surface area contributed by atoms with E-state index in [1.54, 1.807) is 48.5 Å². The van der Waals surface area contributed by atoms with Crippen molar-refractivity contribution in [3.05, 3.63) is 81.4 Å². The summed E-state index contributed by atoms with van der Waals surface area (Å²) in [4.78, 5) is 39.2. The van der Waals surface area contributed by atoms with Gasteiger partial charge in [-0.25, -0.2) is 4.79 Å². The van der Waals surface area contributed by atoms with Gasteiger partial charge in [-0.05, 0) is 24.3 Å². The van der Waals surface area contributed by atoms with Gasteiger partial charge in [0.05, 0.1) is 45.0 Å². The Morgan fingerprint density at radius 3 is 2.26 bits per heavy atom. The minimum atomic E-state index is -0.625. The molecule has 0 fully saturated rings. The van der Waals surface area contributed by atoms with Crippen LogP contribution in [-0.2, 0) is 17.9 Å². The molecular formula is C24H23N3O7. The number of ether oxygens (including phenoxy) is 3. The average molecular weight is 465 g/mol. The van der Waals surface area contributed by atoms with Crippen molar-refractivity contribution in [2.24, 2.45) is 0 Å². The molecule has 0 aliphatic carbocycles. The number of nitrogens with zero attached hydrogens (tertiary/aromatic N) is 2. The fourth-order valence-electron chi connectivity index (χ4n) is 3.72. The van der Waals surface area contributed by atoms with E-state index in [2.05, 4.69) is 5.32 Å². The number of amides is 1. The molecule has 0 atom stereocenters. The number of benzene rings is 2. The van der Waals surface area contributed by atoms with Crippen molar-refractivity contribution in [2.45, 2.75) is 13.1 Å². The van der Waals surface area contributed by atoms with Gasteiger partial charge in [0.1, 0.15) is 12.3 Å². The number of aromatic nitrogens is 2. The van der Waals surface area contributed by atoms with E-state index in [1.807, 2.05) is 0 Å². The molecule has 0 saturated carbocycles. The third-order valence-corrected chi connectivity index (χ3v) is 5.28. The Bertz CT molecular complexity index is 1430. The van der Waals surface area contributed by atoms with Gasteiger partial charge in [-0.1, -0.05) is 12.1 Å². The highest BCUT2D eigenvalue weighted by Crippen LogP contribution is 2.39. The van der Waals surface area contributed by atoms with Gasteiger partial charge >= 0.3 is 5.69 Å². The summed E-state index contributed by atoms with van der Waals surface area (Å²) in [7, 11) is 4.42. The second-order valence-corrected chi connectivity index (χ2v) is 7.32. The normalized spacial score (nSPS) is 10.8. The molecule has 0 unspecified atom stereocenters. The molecule has 0 aliphatic heterocycles. The van der Waals surface area contributed by atoms with Crippen LogP contribution in [0.1, 0.15) is 5.76 Å². The number of methoxy groups -OCH3 is 3. The molecule has 10 heteroatoms. The molecule has 4 aromatic rings. The third kappa shape index (κ3) is 4.25. The zero-order chi connectivity index (χ0) is 24.2. The van der Waals surface area contributed by atoms with Crippen LogP contribution in [0, 0.1) is 0 Å². The number of hydrogen-bond donors (Lipinski definition) is 1. The second-order valence-electron chi connectivity index (χ2n) is 7.32. The maximum Gasteiger partial charge on any atom is 0.332 e. The molecular weight excluding hydrogens is 442 g/mol. The van der Waals surface area contributed by atoms with Crippen molar-refractivity contribution in [1.82, 2.24) is 9.13 Å². The minimum absolute atomic E-state index is 0.0516. The largest absolute Gasteiger partial charge is 0.493 e. The molecule has 4 rings (SSSR count). The van der Waals surface area contributed by atoms with E-state index in [0.29, 0.717) is 39.6 Å². The summed E-state index contributed by atoms with van der Waals surface area (Å²) in [6.45, 7) is -0.377. The van der Waals surface area contributed by atoms with Crippen LogP contribution in [0.3, 0.4) is 0 Å². The highest BCUT2D eigenvalue weighted by atomic mass is 16.5. The molecule has 0 radical (unpaired) electrons. The number of fused-ring (bicyclic) bond motifs is 1. The molecule has 1 N–H and O–H groups in total. The highest BCUT2D eigenvalue weighted by Gasteiger charge is 2.18. The van der Waals surface area contributed by atoms with E-state index >= 15 is 0 Å². The molecule has 2 aromatic heterocycles. The fraction of sp³-hybridized carbons (Fsp3) is 0.208. The Labute approximate surface area is 193 Å². The first-order chi connectivity index (χ1) is 16.5. The minimum Gasteiger partial charge on any atom is -0.493 e.